The van der Waals surface area contributed by atoms with Crippen LogP contribution in [0.1, 0.15) is 34.5 Å². The van der Waals surface area contributed by atoms with Crippen LogP contribution in [0.2, 0.25) is 0 Å². The number of piperidine rings is 1. The lowest BCUT2D eigenvalue weighted by atomic mass is 9.74. The number of allylic oxidation sites excluding steroid dienone is 1. The van der Waals surface area contributed by atoms with Crippen molar-refractivity contribution in [3.05, 3.63) is 59.3 Å². The maximum Gasteiger partial charge on any atom is 0.278 e. The summed E-state index contributed by atoms with van der Waals surface area (Å²) in [7, 11) is 0. The molecule has 2 N–H and O–H groups in total. The Hall–Kier alpha value is -3.62. The number of benzene rings is 1. The van der Waals surface area contributed by atoms with Gasteiger partial charge in [0.25, 0.3) is 5.91 Å². The van der Waals surface area contributed by atoms with Crippen molar-refractivity contribution in [2.24, 2.45) is 0 Å². The van der Waals surface area contributed by atoms with E-state index in [1.54, 1.807) is 6.07 Å². The van der Waals surface area contributed by atoms with Crippen molar-refractivity contribution in [3.8, 4) is 0 Å². The third kappa shape index (κ3) is 2.81. The molecule has 0 radical (unpaired) electrons. The molecule has 2 aliphatic rings. The van der Waals surface area contributed by atoms with Crippen molar-refractivity contribution < 1.29 is 4.79 Å². The fraction of sp³-hybridized carbons (Fsp3) is 0.263. The van der Waals surface area contributed by atoms with Gasteiger partial charge in [0.2, 0.25) is 5.95 Å². The standard InChI is InChI=1S/C19H18N8O/c28-17(20-18-23-25-26-24-18)15-5-6-16(22-21-15)27-11-9-19(10-12-27)8-7-13-3-1-2-4-14(13)19/h1-8H,9-12H2,(H2,20,23,24,25,26,28). The molecule has 1 aliphatic carbocycles. The van der Waals surface area contributed by atoms with E-state index >= 15 is 0 Å². The number of amides is 1. The van der Waals surface area contributed by atoms with E-state index in [0.29, 0.717) is 0 Å². The highest BCUT2D eigenvalue weighted by Gasteiger charge is 2.38. The van der Waals surface area contributed by atoms with Crippen molar-refractivity contribution >= 4 is 23.7 Å². The second-order valence-corrected chi connectivity index (χ2v) is 7.04. The molecule has 1 amide bonds. The zero-order valence-corrected chi connectivity index (χ0v) is 15.0. The number of aromatic amines is 1. The molecule has 0 unspecified atom stereocenters. The second kappa shape index (κ2) is 6.52. The van der Waals surface area contributed by atoms with E-state index in [4.69, 9.17) is 0 Å². The average Bonchev–Trinajstić information content (AvgIpc) is 3.38. The molecule has 3 aromatic rings. The highest BCUT2D eigenvalue weighted by molar-refractivity contribution is 6.01. The number of carbonyl (C=O) groups excluding carboxylic acids is 1. The van der Waals surface area contributed by atoms with Crippen molar-refractivity contribution in [2.75, 3.05) is 23.3 Å². The number of H-pyrrole nitrogens is 1. The number of tetrazole rings is 1. The summed E-state index contributed by atoms with van der Waals surface area (Å²) in [6.07, 6.45) is 6.65. The van der Waals surface area contributed by atoms with Gasteiger partial charge < -0.3 is 4.90 Å². The topological polar surface area (TPSA) is 113 Å². The van der Waals surface area contributed by atoms with Crippen LogP contribution in [0.4, 0.5) is 11.8 Å². The molecule has 1 aliphatic heterocycles. The summed E-state index contributed by atoms with van der Waals surface area (Å²) in [6, 6.07) is 12.1. The molecule has 0 bridgehead atoms. The smallest absolute Gasteiger partial charge is 0.278 e. The molecule has 28 heavy (non-hydrogen) atoms. The molecular formula is C19H18N8O. The Morgan fingerprint density at radius 3 is 2.68 bits per heavy atom. The normalized spacial score (nSPS) is 16.9. The number of nitrogens with one attached hydrogen (secondary N) is 2. The molecular weight excluding hydrogens is 356 g/mol. The van der Waals surface area contributed by atoms with Crippen LogP contribution in [0.5, 0.6) is 0 Å². The number of carbonyl (C=O) groups is 1. The van der Waals surface area contributed by atoms with Gasteiger partial charge in [-0.2, -0.15) is 0 Å². The van der Waals surface area contributed by atoms with Crippen LogP contribution in [0.25, 0.3) is 6.08 Å². The number of hydrogen-bond acceptors (Lipinski definition) is 7. The predicted molar refractivity (Wildman–Crippen MR) is 103 cm³/mol. The van der Waals surface area contributed by atoms with Gasteiger partial charge in [0.05, 0.1) is 0 Å². The monoisotopic (exact) mass is 374 g/mol. The summed E-state index contributed by atoms with van der Waals surface area (Å²) in [6.45, 7) is 1.78. The lowest BCUT2D eigenvalue weighted by molar-refractivity contribution is 0.102. The molecule has 1 aromatic carbocycles. The minimum Gasteiger partial charge on any atom is -0.355 e. The molecule has 140 valence electrons. The summed E-state index contributed by atoms with van der Waals surface area (Å²) < 4.78 is 0. The fourth-order valence-corrected chi connectivity index (χ4v) is 4.00. The highest BCUT2D eigenvalue weighted by Crippen LogP contribution is 2.43. The van der Waals surface area contributed by atoms with E-state index in [1.807, 2.05) is 6.07 Å². The Morgan fingerprint density at radius 1 is 1.07 bits per heavy atom. The highest BCUT2D eigenvalue weighted by atomic mass is 16.2. The molecule has 1 saturated heterocycles. The lowest BCUT2D eigenvalue weighted by Crippen LogP contribution is -2.41. The summed E-state index contributed by atoms with van der Waals surface area (Å²) in [5.74, 6) is 0.535. The largest absolute Gasteiger partial charge is 0.355 e. The van der Waals surface area contributed by atoms with E-state index in [2.05, 4.69) is 77.5 Å². The van der Waals surface area contributed by atoms with Crippen LogP contribution >= 0.6 is 0 Å². The summed E-state index contributed by atoms with van der Waals surface area (Å²) in [5.41, 5.74) is 3.09. The summed E-state index contributed by atoms with van der Waals surface area (Å²) in [4.78, 5) is 14.4. The molecule has 0 atom stereocenters. The van der Waals surface area contributed by atoms with E-state index in [-0.39, 0.29) is 17.1 Å². The van der Waals surface area contributed by atoms with Gasteiger partial charge in [-0.15, -0.1) is 10.2 Å². The second-order valence-electron chi connectivity index (χ2n) is 7.04. The fourth-order valence-electron chi connectivity index (χ4n) is 4.00. The Labute approximate surface area is 160 Å². The number of rotatable bonds is 3. The van der Waals surface area contributed by atoms with Crippen molar-refractivity contribution in [2.45, 2.75) is 18.3 Å². The number of nitrogens with zero attached hydrogens (tertiary/aromatic N) is 6. The molecule has 9 nitrogen and oxygen atoms in total. The van der Waals surface area contributed by atoms with E-state index < -0.39 is 5.91 Å². The molecule has 1 fully saturated rings. The number of fused-ring (bicyclic) bond motifs is 2. The van der Waals surface area contributed by atoms with Gasteiger partial charge in [0.15, 0.2) is 11.5 Å². The lowest BCUT2D eigenvalue weighted by Gasteiger charge is -2.39. The average molecular weight is 374 g/mol. The van der Waals surface area contributed by atoms with Crippen LogP contribution in [0, 0.1) is 0 Å². The minimum atomic E-state index is -0.414. The van der Waals surface area contributed by atoms with Crippen molar-refractivity contribution in [1.82, 2.24) is 30.8 Å². The van der Waals surface area contributed by atoms with Gasteiger partial charge in [-0.05, 0) is 46.5 Å². The number of hydrogen-bond donors (Lipinski definition) is 2. The first-order valence-corrected chi connectivity index (χ1v) is 9.16. The van der Waals surface area contributed by atoms with Crippen LogP contribution in [-0.4, -0.2) is 49.8 Å². The Kier molecular flexibility index (Phi) is 3.85. The third-order valence-corrected chi connectivity index (χ3v) is 5.52. The van der Waals surface area contributed by atoms with Crippen LogP contribution in [0.15, 0.2) is 42.5 Å². The minimum absolute atomic E-state index is 0.130. The molecule has 2 aromatic heterocycles. The third-order valence-electron chi connectivity index (χ3n) is 5.52. The first-order chi connectivity index (χ1) is 13.7. The van der Waals surface area contributed by atoms with Crippen molar-refractivity contribution in [1.29, 1.82) is 0 Å². The zero-order valence-electron chi connectivity index (χ0n) is 15.0. The van der Waals surface area contributed by atoms with Gasteiger partial charge in [-0.3, -0.25) is 10.1 Å². The Bertz CT molecular complexity index is 1020. The summed E-state index contributed by atoms with van der Waals surface area (Å²) in [5, 5.41) is 23.7. The van der Waals surface area contributed by atoms with Gasteiger partial charge in [0, 0.05) is 18.5 Å². The maximum atomic E-state index is 12.1. The first-order valence-electron chi connectivity index (χ1n) is 9.16. The van der Waals surface area contributed by atoms with Gasteiger partial charge >= 0.3 is 0 Å². The molecule has 5 rings (SSSR count). The quantitative estimate of drug-likeness (QED) is 0.719. The van der Waals surface area contributed by atoms with Crippen molar-refractivity contribution in [3.63, 3.8) is 0 Å². The van der Waals surface area contributed by atoms with Crippen LogP contribution in [0.3, 0.4) is 0 Å². The first kappa shape index (κ1) is 16.5. The van der Waals surface area contributed by atoms with E-state index in [9.17, 15) is 4.79 Å². The van der Waals surface area contributed by atoms with Crippen LogP contribution in [-0.2, 0) is 5.41 Å². The summed E-state index contributed by atoms with van der Waals surface area (Å²) >= 11 is 0. The van der Waals surface area contributed by atoms with Crippen LogP contribution < -0.4 is 10.2 Å². The van der Waals surface area contributed by atoms with Gasteiger partial charge in [-0.1, -0.05) is 41.5 Å². The molecule has 1 spiro atoms. The predicted octanol–water partition coefficient (Wildman–Crippen LogP) is 1.81. The van der Waals surface area contributed by atoms with Gasteiger partial charge in [0.1, 0.15) is 0 Å². The Morgan fingerprint density at radius 2 is 1.93 bits per heavy atom. The number of anilines is 2. The SMILES string of the molecule is O=C(Nc1nnn[nH]1)c1ccc(N2CCC3(C=Cc4ccccc43)CC2)nn1. The molecule has 0 saturated carbocycles. The number of aromatic nitrogens is 6. The van der Waals surface area contributed by atoms with E-state index in [0.717, 1.165) is 31.7 Å². The maximum absolute atomic E-state index is 12.1. The van der Waals surface area contributed by atoms with Gasteiger partial charge in [-0.25, -0.2) is 5.10 Å². The van der Waals surface area contributed by atoms with E-state index in [1.165, 1.54) is 11.1 Å². The molecule has 3 heterocycles. The zero-order chi connectivity index (χ0) is 19.0. The molecule has 9 heteroatoms. The Balaban J connectivity index is 1.26.